The lowest BCUT2D eigenvalue weighted by Gasteiger charge is -2.08. The number of nitrogens with one attached hydrogen (secondary N) is 2. The van der Waals surface area contributed by atoms with Crippen LogP contribution in [0.4, 0.5) is 14.9 Å². The van der Waals surface area contributed by atoms with Crippen LogP contribution in [0.1, 0.15) is 13.3 Å². The molecule has 0 heterocycles. The number of rotatable bonds is 4. The van der Waals surface area contributed by atoms with Gasteiger partial charge in [0.2, 0.25) is 0 Å². The maximum atomic E-state index is 13.1. The number of carbonyl (C=O) groups excluding carboxylic acids is 1. The second-order valence-electron chi connectivity index (χ2n) is 3.50. The number of anilines is 1. The largest absolute Gasteiger partial charge is 0.393 e. The van der Waals surface area contributed by atoms with Gasteiger partial charge >= 0.3 is 6.03 Å². The summed E-state index contributed by atoms with van der Waals surface area (Å²) in [6, 6.07) is 5.45. The molecule has 0 fully saturated rings. The number of aliphatic hydroxyl groups is 1. The van der Waals surface area contributed by atoms with Gasteiger partial charge in [0.25, 0.3) is 0 Å². The Bertz CT molecular complexity index is 356. The molecule has 1 atom stereocenters. The van der Waals surface area contributed by atoms with Crippen molar-refractivity contribution in [3.63, 3.8) is 0 Å². The second-order valence-corrected chi connectivity index (χ2v) is 3.50. The molecule has 4 nitrogen and oxygen atoms in total. The lowest BCUT2D eigenvalue weighted by molar-refractivity contribution is 0.184. The highest BCUT2D eigenvalue weighted by Crippen LogP contribution is 2.11. The Kier molecular flexibility index (Phi) is 4.72. The molecule has 0 spiro atoms. The average Bonchev–Trinajstić information content (AvgIpc) is 2.21. The van der Waals surface area contributed by atoms with Crippen molar-refractivity contribution in [1.29, 1.82) is 0 Å². The summed E-state index contributed by atoms with van der Waals surface area (Å²) in [4.78, 5) is 11.3. The fourth-order valence-corrected chi connectivity index (χ4v) is 1.12. The molecule has 0 aromatic heterocycles. The van der Waals surface area contributed by atoms with Crippen LogP contribution in [0.25, 0.3) is 0 Å². The monoisotopic (exact) mass is 226 g/mol. The molecule has 0 aliphatic carbocycles. The van der Waals surface area contributed by atoms with Crippen molar-refractivity contribution in [2.24, 2.45) is 0 Å². The van der Waals surface area contributed by atoms with Crippen LogP contribution in [-0.2, 0) is 0 Å². The molecule has 3 N–H and O–H groups in total. The molecule has 16 heavy (non-hydrogen) atoms. The maximum absolute atomic E-state index is 13.1. The Morgan fingerprint density at radius 1 is 1.50 bits per heavy atom. The molecule has 1 rings (SSSR count). The van der Waals surface area contributed by atoms with E-state index in [0.717, 1.165) is 0 Å². The van der Waals surface area contributed by atoms with Gasteiger partial charge in [0.15, 0.2) is 0 Å². The fourth-order valence-electron chi connectivity index (χ4n) is 1.12. The van der Waals surface area contributed by atoms with Crippen molar-refractivity contribution < 1.29 is 14.3 Å². The SMILES string of the molecule is CC(O)CCNC(=O)Nc1ccccc1F. The van der Waals surface area contributed by atoms with E-state index in [1.807, 2.05) is 0 Å². The standard InChI is InChI=1S/C11H15FN2O2/c1-8(15)6-7-13-11(16)14-10-5-3-2-4-9(10)12/h2-5,8,15H,6-7H2,1H3,(H2,13,14,16). The Labute approximate surface area is 93.5 Å². The van der Waals surface area contributed by atoms with Gasteiger partial charge in [-0.2, -0.15) is 0 Å². The van der Waals surface area contributed by atoms with Gasteiger partial charge in [-0.15, -0.1) is 0 Å². The lowest BCUT2D eigenvalue weighted by Crippen LogP contribution is -2.31. The molecule has 0 saturated carbocycles. The Morgan fingerprint density at radius 2 is 2.19 bits per heavy atom. The molecular weight excluding hydrogens is 211 g/mol. The smallest absolute Gasteiger partial charge is 0.319 e. The van der Waals surface area contributed by atoms with Crippen LogP contribution in [0.15, 0.2) is 24.3 Å². The molecule has 0 aliphatic heterocycles. The first-order valence-electron chi connectivity index (χ1n) is 5.07. The molecule has 0 saturated heterocycles. The summed E-state index contributed by atoms with van der Waals surface area (Å²) in [7, 11) is 0. The third kappa shape index (κ3) is 4.27. The van der Waals surface area contributed by atoms with E-state index in [-0.39, 0.29) is 5.69 Å². The van der Waals surface area contributed by atoms with E-state index < -0.39 is 18.0 Å². The molecule has 2 amide bonds. The van der Waals surface area contributed by atoms with Crippen molar-refractivity contribution >= 4 is 11.7 Å². The van der Waals surface area contributed by atoms with Crippen molar-refractivity contribution in [3.8, 4) is 0 Å². The number of para-hydroxylation sites is 1. The summed E-state index contributed by atoms with van der Waals surface area (Å²) in [6.07, 6.45) is -0.00112. The zero-order chi connectivity index (χ0) is 12.0. The van der Waals surface area contributed by atoms with Gasteiger partial charge in [-0.3, -0.25) is 0 Å². The molecular formula is C11H15FN2O2. The highest BCUT2D eigenvalue weighted by Gasteiger charge is 2.05. The summed E-state index contributed by atoms with van der Waals surface area (Å²) < 4.78 is 13.1. The number of urea groups is 1. The van der Waals surface area contributed by atoms with Crippen molar-refractivity contribution in [1.82, 2.24) is 5.32 Å². The minimum Gasteiger partial charge on any atom is -0.393 e. The number of benzene rings is 1. The highest BCUT2D eigenvalue weighted by molar-refractivity contribution is 5.89. The van der Waals surface area contributed by atoms with Crippen molar-refractivity contribution in [2.75, 3.05) is 11.9 Å². The third-order valence-corrected chi connectivity index (χ3v) is 1.97. The van der Waals surface area contributed by atoms with Gasteiger partial charge in [0.05, 0.1) is 11.8 Å². The van der Waals surface area contributed by atoms with Gasteiger partial charge in [-0.05, 0) is 25.5 Å². The van der Waals surface area contributed by atoms with E-state index in [4.69, 9.17) is 5.11 Å². The summed E-state index contributed by atoms with van der Waals surface area (Å²) in [5.41, 5.74) is 0.136. The number of hydrogen-bond acceptors (Lipinski definition) is 2. The first kappa shape index (κ1) is 12.4. The minimum atomic E-state index is -0.481. The van der Waals surface area contributed by atoms with E-state index in [1.165, 1.54) is 12.1 Å². The number of carbonyl (C=O) groups is 1. The molecule has 1 aromatic carbocycles. The quantitative estimate of drug-likeness (QED) is 0.732. The van der Waals surface area contributed by atoms with Gasteiger partial charge < -0.3 is 15.7 Å². The molecule has 0 bridgehead atoms. The molecule has 1 unspecified atom stereocenters. The van der Waals surface area contributed by atoms with E-state index in [9.17, 15) is 9.18 Å². The van der Waals surface area contributed by atoms with Crippen LogP contribution >= 0.6 is 0 Å². The predicted octanol–water partition coefficient (Wildman–Crippen LogP) is 1.72. The summed E-state index contributed by atoms with van der Waals surface area (Å²) in [5.74, 6) is -0.479. The summed E-state index contributed by atoms with van der Waals surface area (Å²) in [5, 5.41) is 13.9. The highest BCUT2D eigenvalue weighted by atomic mass is 19.1. The van der Waals surface area contributed by atoms with Crippen LogP contribution in [0.3, 0.4) is 0 Å². The molecule has 0 aliphatic rings. The van der Waals surface area contributed by atoms with Gasteiger partial charge in [0, 0.05) is 6.54 Å². The number of hydrogen-bond donors (Lipinski definition) is 3. The van der Waals surface area contributed by atoms with E-state index in [0.29, 0.717) is 13.0 Å². The molecule has 5 heteroatoms. The normalized spacial score (nSPS) is 11.9. The third-order valence-electron chi connectivity index (χ3n) is 1.97. The van der Waals surface area contributed by atoms with E-state index in [1.54, 1.807) is 19.1 Å². The Morgan fingerprint density at radius 3 is 2.81 bits per heavy atom. The topological polar surface area (TPSA) is 61.4 Å². The number of halogens is 1. The first-order valence-corrected chi connectivity index (χ1v) is 5.07. The van der Waals surface area contributed by atoms with Crippen LogP contribution < -0.4 is 10.6 Å². The van der Waals surface area contributed by atoms with Crippen molar-refractivity contribution in [2.45, 2.75) is 19.4 Å². The zero-order valence-electron chi connectivity index (χ0n) is 9.03. The van der Waals surface area contributed by atoms with Gasteiger partial charge in [-0.25, -0.2) is 9.18 Å². The average molecular weight is 226 g/mol. The number of aliphatic hydroxyl groups excluding tert-OH is 1. The van der Waals surface area contributed by atoms with Crippen LogP contribution in [0.2, 0.25) is 0 Å². The van der Waals surface area contributed by atoms with Crippen LogP contribution in [-0.4, -0.2) is 23.8 Å². The Balaban J connectivity index is 2.37. The lowest BCUT2D eigenvalue weighted by atomic mass is 10.3. The maximum Gasteiger partial charge on any atom is 0.319 e. The fraction of sp³-hybridized carbons (Fsp3) is 0.364. The summed E-state index contributed by atoms with van der Waals surface area (Å²) >= 11 is 0. The first-order chi connectivity index (χ1) is 7.59. The second kappa shape index (κ2) is 6.07. The van der Waals surface area contributed by atoms with Gasteiger partial charge in [0.1, 0.15) is 5.82 Å². The number of amides is 2. The predicted molar refractivity (Wildman–Crippen MR) is 59.7 cm³/mol. The minimum absolute atomic E-state index is 0.136. The van der Waals surface area contributed by atoms with Crippen LogP contribution in [0.5, 0.6) is 0 Å². The molecule has 0 radical (unpaired) electrons. The van der Waals surface area contributed by atoms with E-state index in [2.05, 4.69) is 10.6 Å². The Hall–Kier alpha value is -1.62. The van der Waals surface area contributed by atoms with Crippen molar-refractivity contribution in [3.05, 3.63) is 30.1 Å². The molecule has 88 valence electrons. The van der Waals surface area contributed by atoms with E-state index >= 15 is 0 Å². The zero-order valence-corrected chi connectivity index (χ0v) is 9.03. The molecule has 1 aromatic rings. The van der Waals surface area contributed by atoms with Crippen LogP contribution in [0, 0.1) is 5.82 Å². The van der Waals surface area contributed by atoms with Gasteiger partial charge in [-0.1, -0.05) is 12.1 Å². The summed E-state index contributed by atoms with van der Waals surface area (Å²) in [6.45, 7) is 1.98.